The van der Waals surface area contributed by atoms with Gasteiger partial charge in [-0.15, -0.1) is 0 Å². The zero-order valence-corrected chi connectivity index (χ0v) is 14.2. The van der Waals surface area contributed by atoms with Gasteiger partial charge in [0.2, 0.25) is 0 Å². The summed E-state index contributed by atoms with van der Waals surface area (Å²) >= 11 is 0. The smallest absolute Gasteiger partial charge is 0.289 e. The van der Waals surface area contributed by atoms with E-state index in [1.165, 1.54) is 12.8 Å². The summed E-state index contributed by atoms with van der Waals surface area (Å²) in [7, 11) is 0. The second-order valence-corrected chi connectivity index (χ2v) is 7.25. The van der Waals surface area contributed by atoms with E-state index in [-0.39, 0.29) is 5.91 Å². The summed E-state index contributed by atoms with van der Waals surface area (Å²) in [6.07, 6.45) is 11.0. The fourth-order valence-corrected chi connectivity index (χ4v) is 4.27. The third-order valence-corrected chi connectivity index (χ3v) is 5.90. The average Bonchev–Trinajstić information content (AvgIpc) is 3.18. The molecule has 0 aromatic carbocycles. The monoisotopic (exact) mass is 330 g/mol. The highest BCUT2D eigenvalue weighted by atomic mass is 16.5. The Morgan fingerprint density at radius 3 is 2.54 bits per heavy atom. The van der Waals surface area contributed by atoms with Crippen LogP contribution in [0.3, 0.4) is 0 Å². The van der Waals surface area contributed by atoms with Crippen LogP contribution >= 0.6 is 0 Å². The summed E-state index contributed by atoms with van der Waals surface area (Å²) in [6, 6.07) is 4.09. The highest BCUT2D eigenvalue weighted by Crippen LogP contribution is 2.41. The van der Waals surface area contributed by atoms with E-state index in [0.717, 1.165) is 52.2 Å². The molecule has 2 saturated heterocycles. The number of ether oxygens (including phenoxy) is 1. The molecule has 1 aromatic heterocycles. The number of carbonyl (C=O) groups excluding carboxylic acids is 1. The van der Waals surface area contributed by atoms with Crippen molar-refractivity contribution < 1.29 is 13.9 Å². The molecule has 1 unspecified atom stereocenters. The Balaban J connectivity index is 1.34. The van der Waals surface area contributed by atoms with Crippen molar-refractivity contribution in [1.82, 2.24) is 9.80 Å². The maximum atomic E-state index is 12.4. The summed E-state index contributed by atoms with van der Waals surface area (Å²) in [6.45, 7) is 5.47. The quantitative estimate of drug-likeness (QED) is 0.782. The zero-order valence-electron chi connectivity index (χ0n) is 14.2. The molecule has 3 aliphatic rings. The minimum atomic E-state index is 0.0285. The van der Waals surface area contributed by atoms with E-state index in [1.54, 1.807) is 18.4 Å². The Morgan fingerprint density at radius 2 is 1.92 bits per heavy atom. The standard InChI is InChI=1S/C19H26N2O3/c22-18(17-2-1-13-24-17)21-9-7-19(8-10-21)5-3-16(4-6-19)20-11-14-23-15-12-20/h1-3,5,13,16H,4,6-12,14-15H2. The van der Waals surface area contributed by atoms with Crippen molar-refractivity contribution in [2.75, 3.05) is 39.4 Å². The van der Waals surface area contributed by atoms with Gasteiger partial charge in [0.15, 0.2) is 5.76 Å². The third kappa shape index (κ3) is 3.15. The second kappa shape index (κ2) is 6.73. The van der Waals surface area contributed by atoms with Gasteiger partial charge in [-0.25, -0.2) is 0 Å². The van der Waals surface area contributed by atoms with Crippen molar-refractivity contribution in [3.63, 3.8) is 0 Å². The van der Waals surface area contributed by atoms with Gasteiger partial charge >= 0.3 is 0 Å². The van der Waals surface area contributed by atoms with Gasteiger partial charge in [-0.3, -0.25) is 9.69 Å². The largest absolute Gasteiger partial charge is 0.459 e. The summed E-state index contributed by atoms with van der Waals surface area (Å²) in [5, 5.41) is 0. The highest BCUT2D eigenvalue weighted by molar-refractivity contribution is 5.91. The van der Waals surface area contributed by atoms with E-state index in [0.29, 0.717) is 17.2 Å². The Morgan fingerprint density at radius 1 is 1.12 bits per heavy atom. The number of piperidine rings is 1. The molecule has 5 heteroatoms. The Hall–Kier alpha value is -1.59. The number of likely N-dealkylation sites (tertiary alicyclic amines) is 1. The van der Waals surface area contributed by atoms with Gasteiger partial charge in [0.25, 0.3) is 5.91 Å². The van der Waals surface area contributed by atoms with Crippen LogP contribution in [0.1, 0.15) is 36.2 Å². The molecule has 1 amide bonds. The normalized spacial score (nSPS) is 27.5. The third-order valence-electron chi connectivity index (χ3n) is 5.90. The average molecular weight is 330 g/mol. The number of morpholine rings is 1. The van der Waals surface area contributed by atoms with Crippen LogP contribution in [-0.2, 0) is 4.74 Å². The summed E-state index contributed by atoms with van der Waals surface area (Å²) in [4.78, 5) is 16.9. The van der Waals surface area contributed by atoms with Crippen molar-refractivity contribution in [1.29, 1.82) is 0 Å². The molecule has 1 spiro atoms. The lowest BCUT2D eigenvalue weighted by atomic mass is 9.71. The molecule has 5 nitrogen and oxygen atoms in total. The van der Waals surface area contributed by atoms with Crippen LogP contribution in [0.25, 0.3) is 0 Å². The van der Waals surface area contributed by atoms with Gasteiger partial charge in [0.1, 0.15) is 0 Å². The SMILES string of the molecule is O=C(c1ccco1)N1CCC2(C=CC(N3CCOCC3)CC2)CC1. The molecule has 1 aromatic rings. The van der Waals surface area contributed by atoms with E-state index in [1.807, 2.05) is 4.90 Å². The fraction of sp³-hybridized carbons (Fsp3) is 0.632. The van der Waals surface area contributed by atoms with Gasteiger partial charge in [-0.2, -0.15) is 0 Å². The number of hydrogen-bond donors (Lipinski definition) is 0. The molecule has 2 fully saturated rings. The number of nitrogens with zero attached hydrogens (tertiary/aromatic N) is 2. The minimum Gasteiger partial charge on any atom is -0.459 e. The topological polar surface area (TPSA) is 45.9 Å². The van der Waals surface area contributed by atoms with Gasteiger partial charge in [-0.1, -0.05) is 12.2 Å². The first-order chi connectivity index (χ1) is 11.8. The Bertz CT molecular complexity index is 582. The molecule has 2 aliphatic heterocycles. The lowest BCUT2D eigenvalue weighted by Crippen LogP contribution is -2.47. The van der Waals surface area contributed by atoms with Crippen LogP contribution < -0.4 is 0 Å². The van der Waals surface area contributed by atoms with Crippen molar-refractivity contribution in [3.8, 4) is 0 Å². The van der Waals surface area contributed by atoms with Gasteiger partial charge < -0.3 is 14.1 Å². The van der Waals surface area contributed by atoms with Crippen LogP contribution in [0.2, 0.25) is 0 Å². The molecule has 3 heterocycles. The molecule has 0 saturated carbocycles. The van der Waals surface area contributed by atoms with Gasteiger partial charge in [0.05, 0.1) is 19.5 Å². The lowest BCUT2D eigenvalue weighted by molar-refractivity contribution is 0.0176. The predicted molar refractivity (Wildman–Crippen MR) is 90.8 cm³/mol. The van der Waals surface area contributed by atoms with Crippen LogP contribution in [-0.4, -0.2) is 61.1 Å². The molecule has 0 radical (unpaired) electrons. The molecule has 130 valence electrons. The fourth-order valence-electron chi connectivity index (χ4n) is 4.27. The maximum absolute atomic E-state index is 12.4. The number of amides is 1. The first-order valence-electron chi connectivity index (χ1n) is 9.10. The molecular weight excluding hydrogens is 304 g/mol. The van der Waals surface area contributed by atoms with Crippen LogP contribution in [0.5, 0.6) is 0 Å². The first kappa shape index (κ1) is 15.9. The molecular formula is C19H26N2O3. The lowest BCUT2D eigenvalue weighted by Gasteiger charge is -2.44. The van der Waals surface area contributed by atoms with Gasteiger partial charge in [-0.05, 0) is 43.2 Å². The molecule has 1 aliphatic carbocycles. The van der Waals surface area contributed by atoms with Crippen molar-refractivity contribution in [2.45, 2.75) is 31.7 Å². The van der Waals surface area contributed by atoms with Crippen molar-refractivity contribution in [3.05, 3.63) is 36.3 Å². The summed E-state index contributed by atoms with van der Waals surface area (Å²) in [5.41, 5.74) is 0.294. The molecule has 0 N–H and O–H groups in total. The van der Waals surface area contributed by atoms with Crippen LogP contribution in [0, 0.1) is 5.41 Å². The number of rotatable bonds is 2. The maximum Gasteiger partial charge on any atom is 0.289 e. The highest BCUT2D eigenvalue weighted by Gasteiger charge is 2.37. The van der Waals surface area contributed by atoms with E-state index in [4.69, 9.17) is 9.15 Å². The number of hydrogen-bond acceptors (Lipinski definition) is 4. The summed E-state index contributed by atoms with van der Waals surface area (Å²) < 4.78 is 10.7. The van der Waals surface area contributed by atoms with E-state index < -0.39 is 0 Å². The molecule has 24 heavy (non-hydrogen) atoms. The predicted octanol–water partition coefficient (Wildman–Crippen LogP) is 2.55. The van der Waals surface area contributed by atoms with Crippen LogP contribution in [0.4, 0.5) is 0 Å². The van der Waals surface area contributed by atoms with E-state index >= 15 is 0 Å². The minimum absolute atomic E-state index is 0.0285. The Kier molecular flexibility index (Phi) is 4.46. The molecule has 4 rings (SSSR count). The summed E-state index contributed by atoms with van der Waals surface area (Å²) in [5.74, 6) is 0.485. The van der Waals surface area contributed by atoms with Crippen molar-refractivity contribution in [2.24, 2.45) is 5.41 Å². The molecule has 0 bridgehead atoms. The number of furan rings is 1. The molecule has 1 atom stereocenters. The zero-order chi connectivity index (χ0) is 16.4. The van der Waals surface area contributed by atoms with E-state index in [2.05, 4.69) is 17.1 Å². The van der Waals surface area contributed by atoms with Crippen molar-refractivity contribution >= 4 is 5.91 Å². The van der Waals surface area contributed by atoms with Gasteiger partial charge in [0, 0.05) is 32.2 Å². The number of allylic oxidation sites excluding steroid dienone is 1. The van der Waals surface area contributed by atoms with Crippen LogP contribution in [0.15, 0.2) is 35.0 Å². The first-order valence-corrected chi connectivity index (χ1v) is 9.10. The second-order valence-electron chi connectivity index (χ2n) is 7.25. The number of carbonyl (C=O) groups is 1. The van der Waals surface area contributed by atoms with E-state index in [9.17, 15) is 4.79 Å². The Labute approximate surface area is 143 Å².